The summed E-state index contributed by atoms with van der Waals surface area (Å²) in [6.07, 6.45) is 0.711. The highest BCUT2D eigenvalue weighted by Gasteiger charge is 2.16. The summed E-state index contributed by atoms with van der Waals surface area (Å²) >= 11 is 0. The second-order valence-corrected chi connectivity index (χ2v) is 5.52. The van der Waals surface area contributed by atoms with Crippen molar-refractivity contribution < 1.29 is 33.0 Å². The molecule has 0 aliphatic carbocycles. The third kappa shape index (κ3) is 4.78. The molecule has 0 aliphatic heterocycles. The molecule has 0 spiro atoms. The Kier molecular flexibility index (Phi) is 6.66. The molecule has 0 radical (unpaired) electrons. The summed E-state index contributed by atoms with van der Waals surface area (Å²) in [7, 11) is 4.42. The Morgan fingerprint density at radius 1 is 1.04 bits per heavy atom. The van der Waals surface area contributed by atoms with Gasteiger partial charge in [0.15, 0.2) is 11.5 Å². The summed E-state index contributed by atoms with van der Waals surface area (Å²) < 4.78 is 25.7. The van der Waals surface area contributed by atoms with Gasteiger partial charge in [-0.1, -0.05) is 6.07 Å². The molecule has 0 saturated carbocycles. The van der Waals surface area contributed by atoms with Gasteiger partial charge >= 0.3 is 11.9 Å². The first-order chi connectivity index (χ1) is 12.5. The molecule has 26 heavy (non-hydrogen) atoms. The van der Waals surface area contributed by atoms with Gasteiger partial charge in [0.25, 0.3) is 0 Å². The van der Waals surface area contributed by atoms with Crippen molar-refractivity contribution in [2.24, 2.45) is 0 Å². The van der Waals surface area contributed by atoms with Crippen molar-refractivity contribution in [2.45, 2.75) is 26.4 Å². The van der Waals surface area contributed by atoms with E-state index in [1.807, 2.05) is 12.1 Å². The molecule has 140 valence electrons. The van der Waals surface area contributed by atoms with Crippen LogP contribution in [0.3, 0.4) is 0 Å². The Morgan fingerprint density at radius 3 is 2.42 bits per heavy atom. The zero-order valence-corrected chi connectivity index (χ0v) is 15.3. The fraction of sp³-hybridized carbons (Fsp3) is 0.368. The largest absolute Gasteiger partial charge is 0.493 e. The average molecular weight is 362 g/mol. The Bertz CT molecular complexity index is 776. The van der Waals surface area contributed by atoms with Crippen LogP contribution >= 0.6 is 0 Å². The number of aryl methyl sites for hydroxylation is 2. The third-order valence-electron chi connectivity index (χ3n) is 3.82. The first-order valence-corrected chi connectivity index (χ1v) is 8.02. The van der Waals surface area contributed by atoms with Crippen molar-refractivity contribution in [3.63, 3.8) is 0 Å². The highest BCUT2D eigenvalue weighted by Crippen LogP contribution is 2.28. The van der Waals surface area contributed by atoms with Crippen LogP contribution in [0.4, 0.5) is 0 Å². The molecule has 0 amide bonds. The van der Waals surface area contributed by atoms with Gasteiger partial charge in [0.2, 0.25) is 0 Å². The zero-order valence-electron chi connectivity index (χ0n) is 15.3. The molecule has 1 aromatic carbocycles. The maximum Gasteiger partial charge on any atom is 0.341 e. The van der Waals surface area contributed by atoms with Crippen LogP contribution in [0.25, 0.3) is 0 Å². The van der Waals surface area contributed by atoms with E-state index in [0.717, 1.165) is 5.56 Å². The van der Waals surface area contributed by atoms with Crippen molar-refractivity contribution in [2.75, 3.05) is 21.3 Å². The second-order valence-electron chi connectivity index (χ2n) is 5.52. The van der Waals surface area contributed by atoms with Crippen molar-refractivity contribution in [3.05, 3.63) is 46.9 Å². The number of ether oxygens (including phenoxy) is 4. The van der Waals surface area contributed by atoms with E-state index < -0.39 is 5.97 Å². The number of furan rings is 1. The van der Waals surface area contributed by atoms with Gasteiger partial charge in [-0.15, -0.1) is 0 Å². The van der Waals surface area contributed by atoms with Gasteiger partial charge in [0.05, 0.1) is 21.3 Å². The van der Waals surface area contributed by atoms with Crippen LogP contribution in [-0.2, 0) is 27.3 Å². The number of benzene rings is 1. The van der Waals surface area contributed by atoms with E-state index >= 15 is 0 Å². The van der Waals surface area contributed by atoms with E-state index in [2.05, 4.69) is 4.74 Å². The van der Waals surface area contributed by atoms with Gasteiger partial charge in [0, 0.05) is 6.42 Å². The SMILES string of the molecule is COC(=O)c1cc(COC(=O)CCc2ccc(OC)c(OC)c2)oc1C. The molecule has 0 aliphatic rings. The predicted molar refractivity (Wildman–Crippen MR) is 92.4 cm³/mol. The van der Waals surface area contributed by atoms with Crippen LogP contribution < -0.4 is 9.47 Å². The fourth-order valence-corrected chi connectivity index (χ4v) is 2.43. The maximum absolute atomic E-state index is 11.9. The van der Waals surface area contributed by atoms with Crippen LogP contribution in [-0.4, -0.2) is 33.3 Å². The van der Waals surface area contributed by atoms with Crippen molar-refractivity contribution >= 4 is 11.9 Å². The van der Waals surface area contributed by atoms with E-state index in [1.54, 1.807) is 27.2 Å². The number of hydrogen-bond acceptors (Lipinski definition) is 7. The predicted octanol–water partition coefficient (Wildman–Crippen LogP) is 3.07. The van der Waals surface area contributed by atoms with Gasteiger partial charge in [-0.3, -0.25) is 4.79 Å². The monoisotopic (exact) mass is 362 g/mol. The van der Waals surface area contributed by atoms with Crippen molar-refractivity contribution in [1.82, 2.24) is 0 Å². The Balaban J connectivity index is 1.87. The number of carbonyl (C=O) groups is 2. The van der Waals surface area contributed by atoms with Crippen molar-refractivity contribution in [3.8, 4) is 11.5 Å². The molecule has 2 aromatic rings. The standard InChI is InChI=1S/C19H22O7/c1-12-15(19(21)24-4)10-14(26-12)11-25-18(20)8-6-13-5-7-16(22-2)17(9-13)23-3/h5,7,9-10H,6,8,11H2,1-4H3. The summed E-state index contributed by atoms with van der Waals surface area (Å²) in [5.74, 6) is 1.20. The molecule has 1 heterocycles. The molecular weight excluding hydrogens is 340 g/mol. The maximum atomic E-state index is 11.9. The lowest BCUT2D eigenvalue weighted by atomic mass is 10.1. The Hall–Kier alpha value is -2.96. The van der Waals surface area contributed by atoms with Gasteiger partial charge in [-0.05, 0) is 37.1 Å². The number of carbonyl (C=O) groups excluding carboxylic acids is 2. The highest BCUT2D eigenvalue weighted by atomic mass is 16.5. The van der Waals surface area contributed by atoms with Crippen LogP contribution in [0.5, 0.6) is 11.5 Å². The minimum Gasteiger partial charge on any atom is -0.493 e. The lowest BCUT2D eigenvalue weighted by molar-refractivity contribution is -0.145. The Morgan fingerprint density at radius 2 is 1.77 bits per heavy atom. The first-order valence-electron chi connectivity index (χ1n) is 8.02. The molecule has 2 rings (SSSR count). The molecule has 1 aromatic heterocycles. The molecule has 0 N–H and O–H groups in total. The lowest BCUT2D eigenvalue weighted by Gasteiger charge is -2.09. The van der Waals surface area contributed by atoms with Gasteiger partial charge in [-0.2, -0.15) is 0 Å². The summed E-state index contributed by atoms with van der Waals surface area (Å²) in [6, 6.07) is 7.00. The number of esters is 2. The van der Waals surface area contributed by atoms with Crippen LogP contribution in [0.1, 0.15) is 33.9 Å². The molecular formula is C19H22O7. The number of hydrogen-bond donors (Lipinski definition) is 0. The summed E-state index contributed by atoms with van der Waals surface area (Å²) in [5.41, 5.74) is 1.25. The van der Waals surface area contributed by atoms with Gasteiger partial charge in [-0.25, -0.2) is 4.79 Å². The van der Waals surface area contributed by atoms with E-state index in [4.69, 9.17) is 18.6 Å². The summed E-state index contributed by atoms with van der Waals surface area (Å²) in [4.78, 5) is 23.5. The normalized spacial score (nSPS) is 10.3. The molecule has 7 heteroatoms. The highest BCUT2D eigenvalue weighted by molar-refractivity contribution is 5.90. The van der Waals surface area contributed by atoms with Crippen LogP contribution in [0, 0.1) is 6.92 Å². The van der Waals surface area contributed by atoms with Gasteiger partial charge < -0.3 is 23.4 Å². The fourth-order valence-electron chi connectivity index (χ4n) is 2.43. The number of rotatable bonds is 8. The van der Waals surface area contributed by atoms with E-state index in [9.17, 15) is 9.59 Å². The zero-order chi connectivity index (χ0) is 19.1. The van der Waals surface area contributed by atoms with Gasteiger partial charge in [0.1, 0.15) is 23.7 Å². The first kappa shape index (κ1) is 19.4. The second kappa shape index (κ2) is 8.94. The van der Waals surface area contributed by atoms with E-state index in [0.29, 0.717) is 35.0 Å². The number of methoxy groups -OCH3 is 3. The smallest absolute Gasteiger partial charge is 0.341 e. The summed E-state index contributed by atoms with van der Waals surface area (Å²) in [6.45, 7) is 1.61. The molecule has 0 unspecified atom stereocenters. The minimum atomic E-state index is -0.489. The minimum absolute atomic E-state index is 0.0391. The third-order valence-corrected chi connectivity index (χ3v) is 3.82. The molecule has 0 bridgehead atoms. The van der Waals surface area contributed by atoms with E-state index in [-0.39, 0.29) is 19.0 Å². The quantitative estimate of drug-likeness (QED) is 0.667. The Labute approximate surface area is 151 Å². The van der Waals surface area contributed by atoms with Crippen LogP contribution in [0.2, 0.25) is 0 Å². The van der Waals surface area contributed by atoms with E-state index in [1.165, 1.54) is 13.2 Å². The molecule has 0 saturated heterocycles. The molecule has 0 atom stereocenters. The van der Waals surface area contributed by atoms with Crippen LogP contribution in [0.15, 0.2) is 28.7 Å². The van der Waals surface area contributed by atoms with Crippen molar-refractivity contribution in [1.29, 1.82) is 0 Å². The molecule has 0 fully saturated rings. The lowest BCUT2D eigenvalue weighted by Crippen LogP contribution is -2.06. The topological polar surface area (TPSA) is 84.2 Å². The molecule has 7 nitrogen and oxygen atoms in total. The summed E-state index contributed by atoms with van der Waals surface area (Å²) in [5, 5.41) is 0. The average Bonchev–Trinajstić information content (AvgIpc) is 3.04.